The molecule has 62 valence electrons. The minimum absolute atomic E-state index is 0.0839. The molecule has 0 bridgehead atoms. The van der Waals surface area contributed by atoms with Gasteiger partial charge in [-0.15, -0.1) is 0 Å². The molecule has 2 aliphatic carbocycles. The fourth-order valence-corrected chi connectivity index (χ4v) is 3.11. The van der Waals surface area contributed by atoms with Crippen LogP contribution >= 0.6 is 11.6 Å². The number of hydrogen-bond donors (Lipinski definition) is 0. The van der Waals surface area contributed by atoms with E-state index in [9.17, 15) is 4.79 Å². The van der Waals surface area contributed by atoms with E-state index in [1.54, 1.807) is 0 Å². The smallest absolute Gasteiger partial charge is 0.225 e. The Hall–Kier alpha value is -0.0400. The summed E-state index contributed by atoms with van der Waals surface area (Å²) in [5.41, 5.74) is 0. The highest BCUT2D eigenvalue weighted by atomic mass is 35.5. The molecule has 2 fully saturated rings. The van der Waals surface area contributed by atoms with Gasteiger partial charge in [0.2, 0.25) is 5.24 Å². The third kappa shape index (κ3) is 1.20. The van der Waals surface area contributed by atoms with Crippen LogP contribution in [0.25, 0.3) is 0 Å². The highest BCUT2D eigenvalue weighted by molar-refractivity contribution is 6.64. The molecule has 0 aromatic heterocycles. The van der Waals surface area contributed by atoms with E-state index in [1.807, 2.05) is 0 Å². The first-order chi connectivity index (χ1) is 5.29. The molecule has 0 spiro atoms. The Morgan fingerprint density at radius 2 is 2.00 bits per heavy atom. The largest absolute Gasteiger partial charge is 0.281 e. The standard InChI is InChI=1S/C9H13ClO/c10-9(11)8-5-4-6-2-1-3-7(6)8/h6-8H,1-5H2/t6-,7-,8+/m1/s1. The van der Waals surface area contributed by atoms with Crippen molar-refractivity contribution in [3.63, 3.8) is 0 Å². The summed E-state index contributed by atoms with van der Waals surface area (Å²) in [5, 5.41) is -0.0839. The van der Waals surface area contributed by atoms with Gasteiger partial charge in [0.15, 0.2) is 0 Å². The number of rotatable bonds is 1. The Balaban J connectivity index is 2.08. The first-order valence-corrected chi connectivity index (χ1v) is 4.86. The van der Waals surface area contributed by atoms with E-state index in [-0.39, 0.29) is 11.2 Å². The number of fused-ring (bicyclic) bond motifs is 1. The molecule has 0 amide bonds. The summed E-state index contributed by atoms with van der Waals surface area (Å²) in [6.45, 7) is 0. The van der Waals surface area contributed by atoms with Gasteiger partial charge in [-0.3, -0.25) is 4.79 Å². The van der Waals surface area contributed by atoms with Crippen molar-refractivity contribution < 1.29 is 4.79 Å². The maximum absolute atomic E-state index is 11.0. The lowest BCUT2D eigenvalue weighted by molar-refractivity contribution is -0.116. The maximum atomic E-state index is 11.0. The molecule has 2 aliphatic rings. The fraction of sp³-hybridized carbons (Fsp3) is 0.889. The lowest BCUT2D eigenvalue weighted by Gasteiger charge is -2.13. The second-order valence-electron chi connectivity index (χ2n) is 3.84. The molecule has 0 radical (unpaired) electrons. The molecule has 2 rings (SSSR count). The van der Waals surface area contributed by atoms with Gasteiger partial charge in [-0.05, 0) is 42.7 Å². The highest BCUT2D eigenvalue weighted by Gasteiger charge is 2.41. The van der Waals surface area contributed by atoms with Gasteiger partial charge < -0.3 is 0 Å². The lowest BCUT2D eigenvalue weighted by Crippen LogP contribution is -2.14. The molecule has 0 saturated heterocycles. The van der Waals surface area contributed by atoms with E-state index in [2.05, 4.69) is 0 Å². The molecule has 0 heterocycles. The van der Waals surface area contributed by atoms with Crippen molar-refractivity contribution in [2.45, 2.75) is 32.1 Å². The molecule has 3 atom stereocenters. The van der Waals surface area contributed by atoms with Crippen LogP contribution in [0.2, 0.25) is 0 Å². The quantitative estimate of drug-likeness (QED) is 0.556. The normalized spacial score (nSPS) is 42.5. The summed E-state index contributed by atoms with van der Waals surface area (Å²) in [6, 6.07) is 0. The molecule has 0 aromatic carbocycles. The SMILES string of the molecule is O=C(Cl)[C@H]1CC[C@H]2CCC[C@H]21. The highest BCUT2D eigenvalue weighted by Crippen LogP contribution is 2.48. The first-order valence-electron chi connectivity index (χ1n) is 4.48. The van der Waals surface area contributed by atoms with Gasteiger partial charge in [-0.25, -0.2) is 0 Å². The zero-order valence-corrected chi connectivity index (χ0v) is 7.31. The summed E-state index contributed by atoms with van der Waals surface area (Å²) in [6.07, 6.45) is 6.20. The average Bonchev–Trinajstić information content (AvgIpc) is 2.41. The van der Waals surface area contributed by atoms with Gasteiger partial charge in [0.25, 0.3) is 0 Å². The van der Waals surface area contributed by atoms with Crippen LogP contribution in [0, 0.1) is 17.8 Å². The molecular formula is C9H13ClO. The van der Waals surface area contributed by atoms with Crippen LogP contribution < -0.4 is 0 Å². The Bertz CT molecular complexity index is 178. The summed E-state index contributed by atoms with van der Waals surface area (Å²) in [7, 11) is 0. The van der Waals surface area contributed by atoms with Gasteiger partial charge in [-0.1, -0.05) is 12.8 Å². The molecule has 2 saturated carbocycles. The van der Waals surface area contributed by atoms with Crippen molar-refractivity contribution in [3.8, 4) is 0 Å². The van der Waals surface area contributed by atoms with Crippen LogP contribution in [0.4, 0.5) is 0 Å². The van der Waals surface area contributed by atoms with E-state index in [1.165, 1.54) is 25.7 Å². The molecule has 1 nitrogen and oxygen atoms in total. The second-order valence-corrected chi connectivity index (χ2v) is 4.22. The van der Waals surface area contributed by atoms with Gasteiger partial charge in [0.1, 0.15) is 0 Å². The predicted molar refractivity (Wildman–Crippen MR) is 44.4 cm³/mol. The Labute approximate surface area is 72.1 Å². The lowest BCUT2D eigenvalue weighted by atomic mass is 9.93. The zero-order valence-electron chi connectivity index (χ0n) is 6.55. The summed E-state index contributed by atoms with van der Waals surface area (Å²) in [5.74, 6) is 1.70. The van der Waals surface area contributed by atoms with Gasteiger partial charge in [0, 0.05) is 5.92 Å². The average molecular weight is 173 g/mol. The zero-order chi connectivity index (χ0) is 7.84. The van der Waals surface area contributed by atoms with Crippen molar-refractivity contribution >= 4 is 16.8 Å². The van der Waals surface area contributed by atoms with Crippen molar-refractivity contribution in [1.29, 1.82) is 0 Å². The first kappa shape index (κ1) is 7.60. The van der Waals surface area contributed by atoms with Crippen LogP contribution in [0.3, 0.4) is 0 Å². The van der Waals surface area contributed by atoms with E-state index in [4.69, 9.17) is 11.6 Å². The van der Waals surface area contributed by atoms with Crippen LogP contribution in [0.1, 0.15) is 32.1 Å². The molecular weight excluding hydrogens is 160 g/mol. The molecule has 0 unspecified atom stereocenters. The Morgan fingerprint density at radius 3 is 2.73 bits per heavy atom. The number of halogens is 1. The summed E-state index contributed by atoms with van der Waals surface area (Å²) >= 11 is 5.51. The van der Waals surface area contributed by atoms with Crippen molar-refractivity contribution in [1.82, 2.24) is 0 Å². The predicted octanol–water partition coefficient (Wildman–Crippen LogP) is 2.58. The summed E-state index contributed by atoms with van der Waals surface area (Å²) < 4.78 is 0. The topological polar surface area (TPSA) is 17.1 Å². The molecule has 0 N–H and O–H groups in total. The van der Waals surface area contributed by atoms with Crippen LogP contribution in [-0.4, -0.2) is 5.24 Å². The van der Waals surface area contributed by atoms with Crippen molar-refractivity contribution in [3.05, 3.63) is 0 Å². The second kappa shape index (κ2) is 2.78. The maximum Gasteiger partial charge on any atom is 0.225 e. The van der Waals surface area contributed by atoms with E-state index >= 15 is 0 Å². The van der Waals surface area contributed by atoms with Crippen molar-refractivity contribution in [2.24, 2.45) is 17.8 Å². The fourth-order valence-electron chi connectivity index (χ4n) is 2.84. The van der Waals surface area contributed by atoms with Gasteiger partial charge in [0.05, 0.1) is 0 Å². The monoisotopic (exact) mass is 172 g/mol. The van der Waals surface area contributed by atoms with E-state index in [0.717, 1.165) is 12.3 Å². The molecule has 0 aliphatic heterocycles. The van der Waals surface area contributed by atoms with Crippen molar-refractivity contribution in [2.75, 3.05) is 0 Å². The van der Waals surface area contributed by atoms with E-state index in [0.29, 0.717) is 5.92 Å². The van der Waals surface area contributed by atoms with Gasteiger partial charge >= 0.3 is 0 Å². The molecule has 0 aromatic rings. The minimum Gasteiger partial charge on any atom is -0.281 e. The van der Waals surface area contributed by atoms with Gasteiger partial charge in [-0.2, -0.15) is 0 Å². The third-order valence-electron chi connectivity index (χ3n) is 3.37. The van der Waals surface area contributed by atoms with Crippen LogP contribution in [-0.2, 0) is 4.79 Å². The Morgan fingerprint density at radius 1 is 1.18 bits per heavy atom. The minimum atomic E-state index is -0.0839. The molecule has 11 heavy (non-hydrogen) atoms. The number of carbonyl (C=O) groups excluding carboxylic acids is 1. The van der Waals surface area contributed by atoms with Crippen LogP contribution in [0.5, 0.6) is 0 Å². The Kier molecular flexibility index (Phi) is 1.92. The molecule has 2 heteroatoms. The summed E-state index contributed by atoms with van der Waals surface area (Å²) in [4.78, 5) is 11.0. The van der Waals surface area contributed by atoms with Crippen LogP contribution in [0.15, 0.2) is 0 Å². The third-order valence-corrected chi connectivity index (χ3v) is 3.65. The van der Waals surface area contributed by atoms with E-state index < -0.39 is 0 Å². The number of carbonyl (C=O) groups is 1. The number of hydrogen-bond acceptors (Lipinski definition) is 1.